The van der Waals surface area contributed by atoms with E-state index in [1.165, 1.54) is 13.8 Å². The van der Waals surface area contributed by atoms with Crippen molar-refractivity contribution < 1.29 is 19.4 Å². The number of carbonyl (C=O) groups is 2. The Morgan fingerprint density at radius 3 is 2.20 bits per heavy atom. The lowest BCUT2D eigenvalue weighted by Gasteiger charge is -2.21. The van der Waals surface area contributed by atoms with E-state index in [9.17, 15) is 9.59 Å². The van der Waals surface area contributed by atoms with Crippen molar-refractivity contribution in [1.82, 2.24) is 0 Å². The van der Waals surface area contributed by atoms with Gasteiger partial charge in [-0.25, -0.2) is 4.79 Å². The lowest BCUT2D eigenvalue weighted by Crippen LogP contribution is -2.37. The number of thioether (sulfide) groups is 1. The number of hydrogen-bond donors (Lipinski definition) is 2. The number of benzene rings is 2. The second-order valence-electron chi connectivity index (χ2n) is 6.01. The van der Waals surface area contributed by atoms with Crippen LogP contribution in [0.15, 0.2) is 53.4 Å². The van der Waals surface area contributed by atoms with E-state index in [2.05, 4.69) is 5.32 Å². The number of carboxylic acids is 1. The molecule has 0 saturated carbocycles. The highest BCUT2D eigenvalue weighted by molar-refractivity contribution is 7.98. The van der Waals surface area contributed by atoms with Crippen molar-refractivity contribution in [2.45, 2.75) is 30.8 Å². The highest BCUT2D eigenvalue weighted by Crippen LogP contribution is 2.20. The largest absolute Gasteiger partial charge is 0.478 e. The number of ether oxygens (including phenoxy) is 1. The van der Waals surface area contributed by atoms with Crippen LogP contribution in [-0.4, -0.2) is 28.8 Å². The molecule has 0 aliphatic rings. The van der Waals surface area contributed by atoms with Gasteiger partial charge in [-0.15, -0.1) is 11.8 Å². The Hall–Kier alpha value is -2.47. The molecule has 2 aromatic carbocycles. The van der Waals surface area contributed by atoms with Gasteiger partial charge in [-0.2, -0.15) is 0 Å². The first kappa shape index (κ1) is 18.9. The smallest absolute Gasteiger partial charge is 0.347 e. The van der Waals surface area contributed by atoms with Gasteiger partial charge < -0.3 is 15.2 Å². The third kappa shape index (κ3) is 5.53. The van der Waals surface area contributed by atoms with Gasteiger partial charge in [-0.3, -0.25) is 4.79 Å². The summed E-state index contributed by atoms with van der Waals surface area (Å²) in [7, 11) is 0. The molecule has 1 amide bonds. The predicted octanol–water partition coefficient (Wildman–Crippen LogP) is 3.83. The molecule has 0 aromatic heterocycles. The zero-order valence-corrected chi connectivity index (χ0v) is 15.2. The number of anilines is 1. The van der Waals surface area contributed by atoms with Gasteiger partial charge in [0.25, 0.3) is 0 Å². The summed E-state index contributed by atoms with van der Waals surface area (Å²) in [5.74, 6) is -0.705. The van der Waals surface area contributed by atoms with Crippen molar-refractivity contribution in [1.29, 1.82) is 0 Å². The molecule has 25 heavy (non-hydrogen) atoms. The fourth-order valence-electron chi connectivity index (χ4n) is 2.08. The normalized spacial score (nSPS) is 11.0. The van der Waals surface area contributed by atoms with Crippen LogP contribution in [0.4, 0.5) is 5.69 Å². The van der Waals surface area contributed by atoms with E-state index in [1.807, 2.05) is 30.5 Å². The molecule has 0 fully saturated rings. The Labute approximate surface area is 151 Å². The minimum absolute atomic E-state index is 0.114. The minimum Gasteiger partial charge on any atom is -0.478 e. The topological polar surface area (TPSA) is 75.6 Å². The maximum absolute atomic E-state index is 12.1. The van der Waals surface area contributed by atoms with Crippen LogP contribution in [-0.2, 0) is 16.0 Å². The number of carbonyl (C=O) groups excluding carboxylic acids is 1. The zero-order chi connectivity index (χ0) is 18.4. The molecule has 132 valence electrons. The molecule has 0 atom stereocenters. The summed E-state index contributed by atoms with van der Waals surface area (Å²) in [5, 5.41) is 11.9. The van der Waals surface area contributed by atoms with E-state index < -0.39 is 11.6 Å². The van der Waals surface area contributed by atoms with Crippen LogP contribution in [0.5, 0.6) is 5.75 Å². The van der Waals surface area contributed by atoms with E-state index >= 15 is 0 Å². The van der Waals surface area contributed by atoms with Gasteiger partial charge in [0, 0.05) is 10.6 Å². The average Bonchev–Trinajstić information content (AvgIpc) is 2.57. The third-order valence-electron chi connectivity index (χ3n) is 3.55. The van der Waals surface area contributed by atoms with Gasteiger partial charge in [-0.05, 0) is 62.1 Å². The van der Waals surface area contributed by atoms with Gasteiger partial charge in [0.15, 0.2) is 5.60 Å². The Bertz CT molecular complexity index is 739. The number of nitrogens with one attached hydrogen (secondary N) is 1. The molecule has 5 nitrogen and oxygen atoms in total. The lowest BCUT2D eigenvalue weighted by atomic mass is 10.1. The SMILES string of the molecule is CSc1ccc(NC(=O)Cc2ccc(OC(C)(C)C(=O)O)cc2)cc1. The van der Waals surface area contributed by atoms with Crippen molar-refractivity contribution in [3.8, 4) is 5.75 Å². The molecule has 0 radical (unpaired) electrons. The van der Waals surface area contributed by atoms with Gasteiger partial charge >= 0.3 is 5.97 Å². The molecule has 2 rings (SSSR count). The standard InChI is InChI=1S/C19H21NO4S/c1-19(2,18(22)23)24-15-8-4-13(5-9-15)12-17(21)20-14-6-10-16(25-3)11-7-14/h4-11H,12H2,1-3H3,(H,20,21)(H,22,23). The molecule has 0 spiro atoms. The zero-order valence-electron chi connectivity index (χ0n) is 14.4. The van der Waals surface area contributed by atoms with Gasteiger partial charge in [-0.1, -0.05) is 12.1 Å². The van der Waals surface area contributed by atoms with Gasteiger partial charge in [0.2, 0.25) is 5.91 Å². The third-order valence-corrected chi connectivity index (χ3v) is 4.29. The van der Waals surface area contributed by atoms with Gasteiger partial charge in [0.05, 0.1) is 6.42 Å². The second-order valence-corrected chi connectivity index (χ2v) is 6.89. The molecular formula is C19H21NO4S. The average molecular weight is 359 g/mol. The Kier molecular flexibility index (Phi) is 6.09. The highest BCUT2D eigenvalue weighted by Gasteiger charge is 2.29. The molecule has 0 saturated heterocycles. The maximum Gasteiger partial charge on any atom is 0.347 e. The Morgan fingerprint density at radius 1 is 1.08 bits per heavy atom. The van der Waals surface area contributed by atoms with Gasteiger partial charge in [0.1, 0.15) is 5.75 Å². The van der Waals surface area contributed by atoms with E-state index in [-0.39, 0.29) is 12.3 Å². The van der Waals surface area contributed by atoms with E-state index in [0.717, 1.165) is 16.1 Å². The quantitative estimate of drug-likeness (QED) is 0.735. The second kappa shape index (κ2) is 8.07. The van der Waals surface area contributed by atoms with E-state index in [1.54, 1.807) is 36.0 Å². The summed E-state index contributed by atoms with van der Waals surface area (Å²) in [6.45, 7) is 2.97. The maximum atomic E-state index is 12.1. The number of carboxylic acid groups (broad SMARTS) is 1. The summed E-state index contributed by atoms with van der Waals surface area (Å²) in [6, 6.07) is 14.5. The molecule has 0 bridgehead atoms. The van der Waals surface area contributed by atoms with Crippen LogP contribution in [0, 0.1) is 0 Å². The lowest BCUT2D eigenvalue weighted by molar-refractivity contribution is -0.152. The number of hydrogen-bond acceptors (Lipinski definition) is 4. The van der Waals surface area contributed by atoms with E-state index in [4.69, 9.17) is 9.84 Å². The predicted molar refractivity (Wildman–Crippen MR) is 99.3 cm³/mol. The Balaban J connectivity index is 1.93. The number of amides is 1. The van der Waals surface area contributed by atoms with Crippen molar-refractivity contribution in [2.24, 2.45) is 0 Å². The summed E-state index contributed by atoms with van der Waals surface area (Å²) in [4.78, 5) is 24.3. The fraction of sp³-hybridized carbons (Fsp3) is 0.263. The van der Waals surface area contributed by atoms with Crippen molar-refractivity contribution in [2.75, 3.05) is 11.6 Å². The van der Waals surface area contributed by atoms with E-state index in [0.29, 0.717) is 5.75 Å². The molecule has 2 N–H and O–H groups in total. The Morgan fingerprint density at radius 2 is 1.68 bits per heavy atom. The minimum atomic E-state index is -1.30. The van der Waals surface area contributed by atoms with Crippen molar-refractivity contribution in [3.63, 3.8) is 0 Å². The first-order chi connectivity index (χ1) is 11.8. The van der Waals surface area contributed by atoms with Crippen molar-refractivity contribution >= 4 is 29.3 Å². The molecule has 6 heteroatoms. The molecule has 2 aromatic rings. The number of aliphatic carboxylic acids is 1. The van der Waals surface area contributed by atoms with Crippen LogP contribution in [0.3, 0.4) is 0 Å². The van der Waals surface area contributed by atoms with Crippen LogP contribution in [0.25, 0.3) is 0 Å². The molecule has 0 unspecified atom stereocenters. The first-order valence-corrected chi connectivity index (χ1v) is 8.98. The summed E-state index contributed by atoms with van der Waals surface area (Å²) < 4.78 is 5.44. The molecule has 0 aliphatic carbocycles. The molecule has 0 aliphatic heterocycles. The van der Waals surface area contributed by atoms with Crippen LogP contribution in [0.2, 0.25) is 0 Å². The van der Waals surface area contributed by atoms with Crippen LogP contribution in [0.1, 0.15) is 19.4 Å². The number of rotatable bonds is 7. The monoisotopic (exact) mass is 359 g/mol. The summed E-state index contributed by atoms with van der Waals surface area (Å²) in [5.41, 5.74) is 0.270. The highest BCUT2D eigenvalue weighted by atomic mass is 32.2. The summed E-state index contributed by atoms with van der Waals surface area (Å²) >= 11 is 1.64. The fourth-order valence-corrected chi connectivity index (χ4v) is 2.49. The first-order valence-electron chi connectivity index (χ1n) is 7.75. The molecule has 0 heterocycles. The molecular weight excluding hydrogens is 338 g/mol. The van der Waals surface area contributed by atoms with Crippen molar-refractivity contribution in [3.05, 3.63) is 54.1 Å². The van der Waals surface area contributed by atoms with Crippen LogP contribution >= 0.6 is 11.8 Å². The van der Waals surface area contributed by atoms with Crippen LogP contribution < -0.4 is 10.1 Å². The summed E-state index contributed by atoms with van der Waals surface area (Å²) in [6.07, 6.45) is 2.23.